The minimum absolute atomic E-state index is 0.115. The maximum atomic E-state index is 13.6. The molecule has 6 heteroatoms. The van der Waals surface area contributed by atoms with E-state index in [0.717, 1.165) is 33.4 Å². The molecule has 2 N–H and O–H groups in total. The standard InChI is InChI=1S/C21H19FN4O/c1-14-18(19-9-16(22)7-8-20(19)25-14)10-21(27)23-11-15-12-24-26(13-15)17-5-3-2-4-6-17/h2-9,12-13,25H,10-11H2,1H3,(H,23,27). The number of nitrogens with zero attached hydrogens (tertiary/aromatic N) is 2. The quantitative estimate of drug-likeness (QED) is 0.569. The van der Waals surface area contributed by atoms with E-state index in [2.05, 4.69) is 15.4 Å². The van der Waals surface area contributed by atoms with Crippen LogP contribution in [0.15, 0.2) is 60.9 Å². The number of benzene rings is 2. The van der Waals surface area contributed by atoms with Gasteiger partial charge in [0.1, 0.15) is 5.82 Å². The highest BCUT2D eigenvalue weighted by Gasteiger charge is 2.13. The molecule has 2 heterocycles. The summed E-state index contributed by atoms with van der Waals surface area (Å²) in [5.74, 6) is -0.424. The van der Waals surface area contributed by atoms with Gasteiger partial charge in [0.05, 0.1) is 18.3 Å². The molecule has 136 valence electrons. The van der Waals surface area contributed by atoms with Gasteiger partial charge in [-0.2, -0.15) is 5.10 Å². The molecule has 0 saturated heterocycles. The predicted molar refractivity (Wildman–Crippen MR) is 102 cm³/mol. The van der Waals surface area contributed by atoms with Crippen LogP contribution in [-0.4, -0.2) is 20.7 Å². The van der Waals surface area contributed by atoms with Gasteiger partial charge >= 0.3 is 0 Å². The fraction of sp³-hybridized carbons (Fsp3) is 0.143. The fourth-order valence-electron chi connectivity index (χ4n) is 3.18. The van der Waals surface area contributed by atoms with Gasteiger partial charge in [-0.15, -0.1) is 0 Å². The van der Waals surface area contributed by atoms with Gasteiger partial charge < -0.3 is 10.3 Å². The maximum absolute atomic E-state index is 13.6. The second-order valence-corrected chi connectivity index (χ2v) is 6.50. The van der Waals surface area contributed by atoms with E-state index in [1.165, 1.54) is 12.1 Å². The van der Waals surface area contributed by atoms with Crippen molar-refractivity contribution in [2.75, 3.05) is 0 Å². The van der Waals surface area contributed by atoms with Crippen molar-refractivity contribution in [1.29, 1.82) is 0 Å². The lowest BCUT2D eigenvalue weighted by atomic mass is 10.1. The number of hydrogen-bond donors (Lipinski definition) is 2. The Morgan fingerprint density at radius 2 is 2.04 bits per heavy atom. The number of amides is 1. The Labute approximate surface area is 155 Å². The predicted octanol–water partition coefficient (Wildman–Crippen LogP) is 3.66. The summed E-state index contributed by atoms with van der Waals surface area (Å²) in [5.41, 5.74) is 4.41. The zero-order valence-electron chi connectivity index (χ0n) is 14.9. The van der Waals surface area contributed by atoms with E-state index in [9.17, 15) is 9.18 Å². The number of fused-ring (bicyclic) bond motifs is 1. The molecule has 0 atom stereocenters. The Hall–Kier alpha value is -3.41. The number of hydrogen-bond acceptors (Lipinski definition) is 2. The van der Waals surface area contributed by atoms with Gasteiger partial charge in [0, 0.05) is 34.9 Å². The number of para-hydroxylation sites is 1. The van der Waals surface area contributed by atoms with Crippen molar-refractivity contribution in [2.45, 2.75) is 19.9 Å². The number of halogens is 1. The molecule has 2 aromatic heterocycles. The summed E-state index contributed by atoms with van der Waals surface area (Å²) in [6, 6.07) is 14.3. The van der Waals surface area contributed by atoms with Crippen molar-refractivity contribution >= 4 is 16.8 Å². The molecule has 0 unspecified atom stereocenters. The average Bonchev–Trinajstić information content (AvgIpc) is 3.26. The van der Waals surface area contributed by atoms with Crippen LogP contribution in [-0.2, 0) is 17.8 Å². The van der Waals surface area contributed by atoms with Crippen molar-refractivity contribution < 1.29 is 9.18 Å². The van der Waals surface area contributed by atoms with Crippen LogP contribution in [0.1, 0.15) is 16.8 Å². The van der Waals surface area contributed by atoms with E-state index in [0.29, 0.717) is 6.54 Å². The lowest BCUT2D eigenvalue weighted by molar-refractivity contribution is -0.120. The average molecular weight is 362 g/mol. The number of nitrogens with one attached hydrogen (secondary N) is 2. The number of aromatic nitrogens is 3. The normalized spacial score (nSPS) is 11.0. The Bertz CT molecular complexity index is 1100. The van der Waals surface area contributed by atoms with Gasteiger partial charge in [-0.1, -0.05) is 18.2 Å². The van der Waals surface area contributed by atoms with Gasteiger partial charge in [-0.25, -0.2) is 9.07 Å². The summed E-state index contributed by atoms with van der Waals surface area (Å²) in [6.07, 6.45) is 3.82. The Morgan fingerprint density at radius 3 is 2.85 bits per heavy atom. The molecule has 0 aliphatic heterocycles. The molecule has 0 aliphatic rings. The van der Waals surface area contributed by atoms with E-state index in [1.807, 2.05) is 43.5 Å². The second-order valence-electron chi connectivity index (χ2n) is 6.50. The van der Waals surface area contributed by atoms with Crippen molar-refractivity contribution in [2.24, 2.45) is 0 Å². The smallest absolute Gasteiger partial charge is 0.224 e. The molecule has 1 amide bonds. The topological polar surface area (TPSA) is 62.7 Å². The molecule has 0 saturated carbocycles. The van der Waals surface area contributed by atoms with Crippen LogP contribution in [0.4, 0.5) is 4.39 Å². The Kier molecular flexibility index (Phi) is 4.46. The summed E-state index contributed by atoms with van der Waals surface area (Å²) in [5, 5.41) is 7.98. The first-order valence-electron chi connectivity index (χ1n) is 8.72. The summed E-state index contributed by atoms with van der Waals surface area (Å²) in [6.45, 7) is 2.28. The van der Waals surface area contributed by atoms with E-state index in [1.54, 1.807) is 16.9 Å². The van der Waals surface area contributed by atoms with Gasteiger partial charge in [0.2, 0.25) is 5.91 Å². The first kappa shape index (κ1) is 17.0. The Balaban J connectivity index is 1.43. The summed E-state index contributed by atoms with van der Waals surface area (Å²) < 4.78 is 15.3. The Morgan fingerprint density at radius 1 is 1.22 bits per heavy atom. The summed E-state index contributed by atoms with van der Waals surface area (Å²) in [7, 11) is 0. The van der Waals surface area contributed by atoms with Crippen molar-refractivity contribution in [1.82, 2.24) is 20.1 Å². The minimum Gasteiger partial charge on any atom is -0.358 e. The van der Waals surface area contributed by atoms with Crippen LogP contribution in [0, 0.1) is 12.7 Å². The van der Waals surface area contributed by atoms with Gasteiger partial charge in [0.25, 0.3) is 0 Å². The minimum atomic E-state index is -0.309. The molecule has 0 radical (unpaired) electrons. The molecular formula is C21H19FN4O. The molecule has 0 fully saturated rings. The van der Waals surface area contributed by atoms with Crippen molar-refractivity contribution in [3.05, 3.63) is 83.6 Å². The molecule has 0 spiro atoms. The third-order valence-corrected chi connectivity index (χ3v) is 4.57. The number of aromatic amines is 1. The third kappa shape index (κ3) is 3.60. The molecule has 27 heavy (non-hydrogen) atoms. The van der Waals surface area contributed by atoms with Crippen LogP contribution in [0.5, 0.6) is 0 Å². The molecule has 5 nitrogen and oxygen atoms in total. The van der Waals surface area contributed by atoms with E-state index in [4.69, 9.17) is 0 Å². The highest BCUT2D eigenvalue weighted by molar-refractivity contribution is 5.90. The van der Waals surface area contributed by atoms with E-state index < -0.39 is 0 Å². The number of carbonyl (C=O) groups excluding carboxylic acids is 1. The maximum Gasteiger partial charge on any atom is 0.224 e. The highest BCUT2D eigenvalue weighted by Crippen LogP contribution is 2.23. The van der Waals surface area contributed by atoms with Crippen molar-refractivity contribution in [3.8, 4) is 5.69 Å². The summed E-state index contributed by atoms with van der Waals surface area (Å²) in [4.78, 5) is 15.6. The third-order valence-electron chi connectivity index (χ3n) is 4.57. The number of aryl methyl sites for hydroxylation is 1. The molecule has 4 aromatic rings. The van der Waals surface area contributed by atoms with Crippen molar-refractivity contribution in [3.63, 3.8) is 0 Å². The largest absolute Gasteiger partial charge is 0.358 e. The van der Waals surface area contributed by atoms with Gasteiger partial charge in [0.15, 0.2) is 0 Å². The van der Waals surface area contributed by atoms with Crippen LogP contribution in [0.25, 0.3) is 16.6 Å². The molecule has 0 aliphatic carbocycles. The first-order valence-corrected chi connectivity index (χ1v) is 8.72. The lowest BCUT2D eigenvalue weighted by Crippen LogP contribution is -2.24. The molecular weight excluding hydrogens is 343 g/mol. The lowest BCUT2D eigenvalue weighted by Gasteiger charge is -2.04. The molecule has 0 bridgehead atoms. The van der Waals surface area contributed by atoms with Crippen LogP contribution in [0.2, 0.25) is 0 Å². The van der Waals surface area contributed by atoms with Gasteiger partial charge in [-0.3, -0.25) is 4.79 Å². The van der Waals surface area contributed by atoms with E-state index >= 15 is 0 Å². The van der Waals surface area contributed by atoms with E-state index in [-0.39, 0.29) is 18.1 Å². The number of H-pyrrole nitrogens is 1. The fourth-order valence-corrected chi connectivity index (χ4v) is 3.18. The molecule has 2 aromatic carbocycles. The monoisotopic (exact) mass is 362 g/mol. The first-order chi connectivity index (χ1) is 13.1. The van der Waals surface area contributed by atoms with Gasteiger partial charge in [-0.05, 0) is 42.8 Å². The zero-order valence-corrected chi connectivity index (χ0v) is 14.9. The number of carbonyl (C=O) groups is 1. The van der Waals surface area contributed by atoms with Crippen LogP contribution >= 0.6 is 0 Å². The highest BCUT2D eigenvalue weighted by atomic mass is 19.1. The van der Waals surface area contributed by atoms with Crippen LogP contribution in [0.3, 0.4) is 0 Å². The molecule has 4 rings (SSSR count). The summed E-state index contributed by atoms with van der Waals surface area (Å²) >= 11 is 0. The second kappa shape index (κ2) is 7.07. The zero-order chi connectivity index (χ0) is 18.8. The SMILES string of the molecule is Cc1[nH]c2ccc(F)cc2c1CC(=O)NCc1cnn(-c2ccccc2)c1. The van der Waals surface area contributed by atoms with Crippen LogP contribution < -0.4 is 5.32 Å². The number of rotatable bonds is 5.